The van der Waals surface area contributed by atoms with Crippen molar-refractivity contribution in [1.29, 1.82) is 0 Å². The first-order valence-corrected chi connectivity index (χ1v) is 8.48. The Morgan fingerprint density at radius 2 is 1.77 bits per heavy atom. The second-order valence-electron chi connectivity index (χ2n) is 6.90. The van der Waals surface area contributed by atoms with Crippen molar-refractivity contribution in [2.45, 2.75) is 32.3 Å². The normalized spacial score (nSPS) is 19.8. The van der Waals surface area contributed by atoms with Gasteiger partial charge in [-0.25, -0.2) is 8.78 Å². The van der Waals surface area contributed by atoms with E-state index >= 15 is 0 Å². The van der Waals surface area contributed by atoms with E-state index in [1.54, 1.807) is 12.1 Å². The fourth-order valence-electron chi connectivity index (χ4n) is 3.83. The van der Waals surface area contributed by atoms with E-state index in [4.69, 9.17) is 0 Å². The Kier molecular flexibility index (Phi) is 4.13. The van der Waals surface area contributed by atoms with Gasteiger partial charge in [0.05, 0.1) is 11.2 Å². The van der Waals surface area contributed by atoms with Crippen molar-refractivity contribution < 1.29 is 22.3 Å². The van der Waals surface area contributed by atoms with Crippen LogP contribution in [0.2, 0.25) is 0 Å². The van der Waals surface area contributed by atoms with E-state index in [9.17, 15) is 17.6 Å². The van der Waals surface area contributed by atoms with Crippen molar-refractivity contribution in [3.05, 3.63) is 53.6 Å². The highest BCUT2D eigenvalue weighted by Crippen LogP contribution is 2.48. The number of ether oxygens (including phenoxy) is 1. The summed E-state index contributed by atoms with van der Waals surface area (Å²) in [6.45, 7) is -0.749. The van der Waals surface area contributed by atoms with Crippen LogP contribution in [0.15, 0.2) is 36.4 Å². The number of hydrogen-bond donors (Lipinski definition) is 1. The van der Waals surface area contributed by atoms with Gasteiger partial charge in [-0.15, -0.1) is 0 Å². The topological polar surface area (TPSA) is 25.0 Å². The monoisotopic (exact) mass is 363 g/mol. The Hall–Kier alpha value is -2.50. The molecular formula is C20H17F4NO. The molecule has 0 bridgehead atoms. The van der Waals surface area contributed by atoms with Gasteiger partial charge in [0.2, 0.25) is 0 Å². The fourth-order valence-corrected chi connectivity index (χ4v) is 3.83. The third-order valence-electron chi connectivity index (χ3n) is 5.01. The molecule has 0 amide bonds. The molecule has 4 rings (SSSR count). The number of nitrogens with one attached hydrogen (secondary N) is 1. The van der Waals surface area contributed by atoms with E-state index in [0.29, 0.717) is 17.0 Å². The largest absolute Gasteiger partial charge is 0.435 e. The zero-order valence-electron chi connectivity index (χ0n) is 14.0. The van der Waals surface area contributed by atoms with Crippen LogP contribution in [-0.4, -0.2) is 11.6 Å². The van der Waals surface area contributed by atoms with Crippen molar-refractivity contribution in [3.8, 4) is 17.0 Å². The zero-order valence-corrected chi connectivity index (χ0v) is 14.0. The Balaban J connectivity index is 1.83. The van der Waals surface area contributed by atoms with Crippen molar-refractivity contribution in [2.75, 3.05) is 0 Å². The van der Waals surface area contributed by atoms with Crippen LogP contribution in [0.5, 0.6) is 5.75 Å². The third-order valence-corrected chi connectivity index (χ3v) is 5.01. The van der Waals surface area contributed by atoms with Gasteiger partial charge >= 0.3 is 6.61 Å². The average Bonchev–Trinajstić information content (AvgIpc) is 2.91. The summed E-state index contributed by atoms with van der Waals surface area (Å²) in [5, 5.41) is 0.544. The maximum absolute atomic E-state index is 14.3. The third kappa shape index (κ3) is 2.93. The standard InChI is InChI=1S/C20H17F4NO/c1-10-6-12(7-10)17-15-8-13(21)9-16(22)19(15)25-18(17)11-2-4-14(5-3-11)26-20(23)24/h2-5,8-10,12,20,25H,6-7H2,1H3. The van der Waals surface area contributed by atoms with Gasteiger partial charge in [-0.2, -0.15) is 8.78 Å². The lowest BCUT2D eigenvalue weighted by atomic mass is 9.71. The van der Waals surface area contributed by atoms with Crippen LogP contribution in [0, 0.1) is 17.6 Å². The molecule has 1 aromatic heterocycles. The summed E-state index contributed by atoms with van der Waals surface area (Å²) in [4.78, 5) is 3.07. The van der Waals surface area contributed by atoms with E-state index in [2.05, 4.69) is 16.6 Å². The highest BCUT2D eigenvalue weighted by molar-refractivity contribution is 5.92. The lowest BCUT2D eigenvalue weighted by molar-refractivity contribution is -0.0498. The molecule has 0 radical (unpaired) electrons. The molecule has 1 N–H and O–H groups in total. The van der Waals surface area contributed by atoms with Gasteiger partial charge in [-0.1, -0.05) is 6.92 Å². The highest BCUT2D eigenvalue weighted by Gasteiger charge is 2.32. The molecule has 1 fully saturated rings. The molecule has 1 aliphatic rings. The Labute approximate surface area is 147 Å². The quantitative estimate of drug-likeness (QED) is 0.546. The van der Waals surface area contributed by atoms with Crippen LogP contribution in [0.1, 0.15) is 31.2 Å². The molecule has 1 heterocycles. The van der Waals surface area contributed by atoms with Crippen LogP contribution >= 0.6 is 0 Å². The molecule has 3 aromatic rings. The molecule has 6 heteroatoms. The summed E-state index contributed by atoms with van der Waals surface area (Å²) in [6.07, 6.45) is 1.90. The van der Waals surface area contributed by atoms with E-state index in [0.717, 1.165) is 30.0 Å². The van der Waals surface area contributed by atoms with Gasteiger partial charge in [-0.3, -0.25) is 0 Å². The molecule has 0 saturated heterocycles. The van der Waals surface area contributed by atoms with E-state index in [1.165, 1.54) is 18.2 Å². The second-order valence-corrected chi connectivity index (χ2v) is 6.90. The highest BCUT2D eigenvalue weighted by atomic mass is 19.3. The van der Waals surface area contributed by atoms with Crippen molar-refractivity contribution >= 4 is 10.9 Å². The van der Waals surface area contributed by atoms with Crippen LogP contribution in [0.4, 0.5) is 17.6 Å². The molecule has 0 unspecified atom stereocenters. The fraction of sp³-hybridized carbons (Fsp3) is 0.300. The molecule has 1 saturated carbocycles. The minimum absolute atomic E-state index is 0.0518. The molecule has 136 valence electrons. The summed E-state index contributed by atoms with van der Waals surface area (Å²) < 4.78 is 57.0. The Morgan fingerprint density at radius 1 is 1.08 bits per heavy atom. The number of H-pyrrole nitrogens is 1. The number of halogens is 4. The molecule has 2 aromatic carbocycles. The van der Waals surface area contributed by atoms with Crippen LogP contribution in [0.25, 0.3) is 22.2 Å². The minimum atomic E-state index is -2.89. The van der Waals surface area contributed by atoms with Gasteiger partial charge in [0.15, 0.2) is 0 Å². The van der Waals surface area contributed by atoms with Gasteiger partial charge in [0.25, 0.3) is 0 Å². The summed E-state index contributed by atoms with van der Waals surface area (Å²) in [5.41, 5.74) is 2.57. The molecule has 0 atom stereocenters. The predicted octanol–water partition coefficient (Wildman–Crippen LogP) is 6.23. The summed E-state index contributed by atoms with van der Waals surface area (Å²) >= 11 is 0. The lowest BCUT2D eigenvalue weighted by Gasteiger charge is -2.33. The number of rotatable bonds is 4. The second kappa shape index (κ2) is 6.34. The molecule has 0 spiro atoms. The molecular weight excluding hydrogens is 346 g/mol. The summed E-state index contributed by atoms with van der Waals surface area (Å²) in [6, 6.07) is 8.37. The van der Waals surface area contributed by atoms with Crippen molar-refractivity contribution in [1.82, 2.24) is 4.98 Å². The van der Waals surface area contributed by atoms with Crippen LogP contribution < -0.4 is 4.74 Å². The van der Waals surface area contributed by atoms with Gasteiger partial charge in [0, 0.05) is 11.5 Å². The number of aromatic nitrogens is 1. The number of alkyl halides is 2. The maximum atomic E-state index is 14.3. The Morgan fingerprint density at radius 3 is 2.38 bits per heavy atom. The number of hydrogen-bond acceptors (Lipinski definition) is 1. The Bertz CT molecular complexity index is 943. The lowest BCUT2D eigenvalue weighted by Crippen LogP contribution is -2.19. The smallest absolute Gasteiger partial charge is 0.387 e. The average molecular weight is 363 g/mol. The first-order chi connectivity index (χ1) is 12.4. The number of fused-ring (bicyclic) bond motifs is 1. The molecule has 1 aliphatic carbocycles. The van der Waals surface area contributed by atoms with Gasteiger partial charge in [-0.05, 0) is 66.1 Å². The zero-order chi connectivity index (χ0) is 18.4. The summed E-state index contributed by atoms with van der Waals surface area (Å²) in [7, 11) is 0. The number of aromatic amines is 1. The van der Waals surface area contributed by atoms with Crippen molar-refractivity contribution in [2.24, 2.45) is 5.92 Å². The maximum Gasteiger partial charge on any atom is 0.387 e. The first-order valence-electron chi connectivity index (χ1n) is 8.48. The van der Waals surface area contributed by atoms with Gasteiger partial charge in [0.1, 0.15) is 17.4 Å². The van der Waals surface area contributed by atoms with Gasteiger partial charge < -0.3 is 9.72 Å². The molecule has 2 nitrogen and oxygen atoms in total. The summed E-state index contributed by atoms with van der Waals surface area (Å²) in [5.74, 6) is -0.423. The molecule has 26 heavy (non-hydrogen) atoms. The molecule has 0 aliphatic heterocycles. The van der Waals surface area contributed by atoms with E-state index < -0.39 is 18.2 Å². The minimum Gasteiger partial charge on any atom is -0.435 e. The predicted molar refractivity (Wildman–Crippen MR) is 91.4 cm³/mol. The van der Waals surface area contributed by atoms with Crippen LogP contribution in [0.3, 0.4) is 0 Å². The SMILES string of the molecule is CC1CC(c2c(-c3ccc(OC(F)F)cc3)[nH]c3c(F)cc(F)cc23)C1. The van der Waals surface area contributed by atoms with Crippen LogP contribution in [-0.2, 0) is 0 Å². The number of benzene rings is 2. The van der Waals surface area contributed by atoms with E-state index in [1.807, 2.05) is 0 Å². The first kappa shape index (κ1) is 16.9. The van der Waals surface area contributed by atoms with E-state index in [-0.39, 0.29) is 17.2 Å². The van der Waals surface area contributed by atoms with Crippen molar-refractivity contribution in [3.63, 3.8) is 0 Å².